The molecule has 1 aromatic carbocycles. The molecule has 1 N–H and O–H groups in total. The van der Waals surface area contributed by atoms with Gasteiger partial charge >= 0.3 is 0 Å². The number of rotatable bonds is 2. The normalized spacial score (nSPS) is 9.74. The first-order valence-electron chi connectivity index (χ1n) is 5.54. The second-order valence-electron chi connectivity index (χ2n) is 3.93. The van der Waals surface area contributed by atoms with Gasteiger partial charge in [-0.15, -0.1) is 0 Å². The number of benzene rings is 1. The monoisotopic (exact) mass is 315 g/mol. The molecule has 0 radical (unpaired) electrons. The Kier molecular flexibility index (Phi) is 3.93. The van der Waals surface area contributed by atoms with Gasteiger partial charge in [0.2, 0.25) is 0 Å². The average molecular weight is 316 g/mol. The van der Waals surface area contributed by atoms with Crippen LogP contribution in [-0.4, -0.2) is 10.9 Å². The van der Waals surface area contributed by atoms with Crippen LogP contribution in [0.4, 0.5) is 5.69 Å². The Labute approximate surface area is 119 Å². The number of amides is 1. The largest absolute Gasteiger partial charge is 0.321 e. The van der Waals surface area contributed by atoms with Gasteiger partial charge in [-0.1, -0.05) is 12.1 Å². The summed E-state index contributed by atoms with van der Waals surface area (Å²) in [5, 5.41) is 11.8. The summed E-state index contributed by atoms with van der Waals surface area (Å²) in [6.45, 7) is 1.83. The summed E-state index contributed by atoms with van der Waals surface area (Å²) in [6.07, 6.45) is 1.54. The third-order valence-electron chi connectivity index (χ3n) is 2.62. The van der Waals surface area contributed by atoms with Crippen molar-refractivity contribution in [1.82, 2.24) is 4.98 Å². The first-order chi connectivity index (χ1) is 9.11. The molecule has 94 valence electrons. The maximum atomic E-state index is 12.1. The SMILES string of the molecule is Cc1cccc(NC(=O)c2ccnc(Br)c2)c1C#N. The number of carbonyl (C=O) groups excluding carboxylic acids is 1. The quantitative estimate of drug-likeness (QED) is 0.865. The number of pyridine rings is 1. The van der Waals surface area contributed by atoms with Gasteiger partial charge in [0, 0.05) is 11.8 Å². The lowest BCUT2D eigenvalue weighted by Gasteiger charge is -2.08. The molecule has 0 saturated heterocycles. The van der Waals surface area contributed by atoms with Crippen LogP contribution in [0.1, 0.15) is 21.5 Å². The Morgan fingerprint density at radius 2 is 2.21 bits per heavy atom. The van der Waals surface area contributed by atoms with Crippen molar-refractivity contribution in [3.8, 4) is 6.07 Å². The van der Waals surface area contributed by atoms with E-state index in [2.05, 4.69) is 32.3 Å². The van der Waals surface area contributed by atoms with Crippen LogP contribution in [0.25, 0.3) is 0 Å². The maximum Gasteiger partial charge on any atom is 0.255 e. The Bertz CT molecular complexity index is 677. The van der Waals surface area contributed by atoms with Gasteiger partial charge in [-0.2, -0.15) is 5.26 Å². The van der Waals surface area contributed by atoms with E-state index in [0.717, 1.165) is 5.56 Å². The number of hydrogen-bond donors (Lipinski definition) is 1. The number of nitrogens with zero attached hydrogens (tertiary/aromatic N) is 2. The lowest BCUT2D eigenvalue weighted by molar-refractivity contribution is 0.102. The fourth-order valence-electron chi connectivity index (χ4n) is 1.66. The first kappa shape index (κ1) is 13.2. The Balaban J connectivity index is 2.30. The van der Waals surface area contributed by atoms with Crippen LogP contribution < -0.4 is 5.32 Å². The number of nitrogens with one attached hydrogen (secondary N) is 1. The molecule has 0 unspecified atom stereocenters. The zero-order chi connectivity index (χ0) is 13.8. The predicted molar refractivity (Wildman–Crippen MR) is 75.8 cm³/mol. The van der Waals surface area contributed by atoms with Crippen molar-refractivity contribution in [3.63, 3.8) is 0 Å². The summed E-state index contributed by atoms with van der Waals surface area (Å²) in [7, 11) is 0. The number of aryl methyl sites for hydroxylation is 1. The molecule has 2 aromatic rings. The molecule has 0 aliphatic heterocycles. The van der Waals surface area contributed by atoms with Gasteiger partial charge in [0.1, 0.15) is 10.7 Å². The van der Waals surface area contributed by atoms with E-state index in [1.807, 2.05) is 13.0 Å². The molecule has 0 spiro atoms. The molecule has 19 heavy (non-hydrogen) atoms. The van der Waals surface area contributed by atoms with Gasteiger partial charge in [0.15, 0.2) is 0 Å². The van der Waals surface area contributed by atoms with E-state index in [-0.39, 0.29) is 5.91 Å². The van der Waals surface area contributed by atoms with E-state index in [0.29, 0.717) is 21.4 Å². The number of aromatic nitrogens is 1. The minimum Gasteiger partial charge on any atom is -0.321 e. The number of carbonyl (C=O) groups is 1. The van der Waals surface area contributed by atoms with E-state index in [9.17, 15) is 4.79 Å². The summed E-state index contributed by atoms with van der Waals surface area (Å²) in [5.74, 6) is -0.273. The molecular formula is C14H10BrN3O. The van der Waals surface area contributed by atoms with Crippen LogP contribution in [0.15, 0.2) is 41.1 Å². The molecule has 0 fully saturated rings. The zero-order valence-electron chi connectivity index (χ0n) is 10.1. The minimum absolute atomic E-state index is 0.273. The molecular weight excluding hydrogens is 306 g/mol. The topological polar surface area (TPSA) is 65.8 Å². The van der Waals surface area contributed by atoms with Gasteiger partial charge < -0.3 is 5.32 Å². The van der Waals surface area contributed by atoms with Crippen LogP contribution in [-0.2, 0) is 0 Å². The lowest BCUT2D eigenvalue weighted by Crippen LogP contribution is -2.13. The van der Waals surface area contributed by atoms with Crippen LogP contribution in [0, 0.1) is 18.3 Å². The highest BCUT2D eigenvalue weighted by Gasteiger charge is 2.10. The molecule has 0 saturated carbocycles. The zero-order valence-corrected chi connectivity index (χ0v) is 11.7. The molecule has 0 aliphatic carbocycles. The highest BCUT2D eigenvalue weighted by Crippen LogP contribution is 2.19. The Morgan fingerprint density at radius 1 is 1.42 bits per heavy atom. The summed E-state index contributed by atoms with van der Waals surface area (Å²) in [4.78, 5) is 16.0. The van der Waals surface area contributed by atoms with Gasteiger partial charge in [-0.25, -0.2) is 4.98 Å². The molecule has 5 heteroatoms. The van der Waals surface area contributed by atoms with E-state index in [1.54, 1.807) is 30.5 Å². The predicted octanol–water partition coefficient (Wildman–Crippen LogP) is 3.28. The Morgan fingerprint density at radius 3 is 2.89 bits per heavy atom. The maximum absolute atomic E-state index is 12.1. The molecule has 1 heterocycles. The second kappa shape index (κ2) is 5.63. The molecule has 0 aliphatic rings. The minimum atomic E-state index is -0.273. The third-order valence-corrected chi connectivity index (χ3v) is 3.06. The highest BCUT2D eigenvalue weighted by atomic mass is 79.9. The van der Waals surface area contributed by atoms with Crippen molar-refractivity contribution in [3.05, 3.63) is 57.8 Å². The van der Waals surface area contributed by atoms with E-state index < -0.39 is 0 Å². The second-order valence-corrected chi connectivity index (χ2v) is 4.74. The average Bonchev–Trinajstić information content (AvgIpc) is 2.39. The summed E-state index contributed by atoms with van der Waals surface area (Å²) < 4.78 is 0.588. The summed E-state index contributed by atoms with van der Waals surface area (Å²) in [6, 6.07) is 10.7. The molecule has 4 nitrogen and oxygen atoms in total. The lowest BCUT2D eigenvalue weighted by atomic mass is 10.1. The van der Waals surface area contributed by atoms with Crippen molar-refractivity contribution in [1.29, 1.82) is 5.26 Å². The molecule has 0 atom stereocenters. The van der Waals surface area contributed by atoms with E-state index in [1.165, 1.54) is 0 Å². The molecule has 2 rings (SSSR count). The van der Waals surface area contributed by atoms with Crippen LogP contribution in [0.5, 0.6) is 0 Å². The summed E-state index contributed by atoms with van der Waals surface area (Å²) in [5.41, 5.74) is 2.30. The van der Waals surface area contributed by atoms with Gasteiger partial charge in [0.05, 0.1) is 11.3 Å². The first-order valence-corrected chi connectivity index (χ1v) is 6.33. The molecule has 0 bridgehead atoms. The highest BCUT2D eigenvalue weighted by molar-refractivity contribution is 9.10. The number of halogens is 1. The molecule has 1 amide bonds. The van der Waals surface area contributed by atoms with Crippen molar-refractivity contribution < 1.29 is 4.79 Å². The van der Waals surface area contributed by atoms with Crippen molar-refractivity contribution in [2.45, 2.75) is 6.92 Å². The number of hydrogen-bond acceptors (Lipinski definition) is 3. The van der Waals surface area contributed by atoms with Gasteiger partial charge in [-0.05, 0) is 46.6 Å². The standard InChI is InChI=1S/C14H10BrN3O/c1-9-3-2-4-12(11(9)8-16)18-14(19)10-5-6-17-13(15)7-10/h2-7H,1H3,(H,18,19). The van der Waals surface area contributed by atoms with Crippen LogP contribution in [0.2, 0.25) is 0 Å². The van der Waals surface area contributed by atoms with Crippen molar-refractivity contribution >= 4 is 27.5 Å². The molecule has 1 aromatic heterocycles. The Hall–Kier alpha value is -2.19. The van der Waals surface area contributed by atoms with Crippen molar-refractivity contribution in [2.24, 2.45) is 0 Å². The van der Waals surface area contributed by atoms with Gasteiger partial charge in [0.25, 0.3) is 5.91 Å². The smallest absolute Gasteiger partial charge is 0.255 e. The van der Waals surface area contributed by atoms with Crippen LogP contribution in [0.3, 0.4) is 0 Å². The van der Waals surface area contributed by atoms with Crippen LogP contribution >= 0.6 is 15.9 Å². The fourth-order valence-corrected chi connectivity index (χ4v) is 2.02. The fraction of sp³-hybridized carbons (Fsp3) is 0.0714. The summed E-state index contributed by atoms with van der Waals surface area (Å²) >= 11 is 3.21. The van der Waals surface area contributed by atoms with Crippen molar-refractivity contribution in [2.75, 3.05) is 5.32 Å². The van der Waals surface area contributed by atoms with Gasteiger partial charge in [-0.3, -0.25) is 4.79 Å². The van der Waals surface area contributed by atoms with E-state index in [4.69, 9.17) is 5.26 Å². The number of nitriles is 1. The third kappa shape index (κ3) is 2.98. The van der Waals surface area contributed by atoms with E-state index >= 15 is 0 Å². The number of anilines is 1.